The molecular weight excluding hydrogens is 208 g/mol. The van der Waals surface area contributed by atoms with Gasteiger partial charge in [0.1, 0.15) is 0 Å². The Morgan fingerprint density at radius 1 is 1.18 bits per heavy atom. The van der Waals surface area contributed by atoms with Crippen molar-refractivity contribution in [1.29, 1.82) is 0 Å². The summed E-state index contributed by atoms with van der Waals surface area (Å²) < 4.78 is 0. The van der Waals surface area contributed by atoms with Crippen LogP contribution >= 0.6 is 0 Å². The Morgan fingerprint density at radius 2 is 1.94 bits per heavy atom. The summed E-state index contributed by atoms with van der Waals surface area (Å²) in [6.07, 6.45) is 7.12. The van der Waals surface area contributed by atoms with Gasteiger partial charge >= 0.3 is 0 Å². The molecule has 2 heteroatoms. The first-order valence-electron chi connectivity index (χ1n) is 7.68. The molecule has 2 nitrogen and oxygen atoms in total. The lowest BCUT2D eigenvalue weighted by Crippen LogP contribution is -2.45. The van der Waals surface area contributed by atoms with Crippen LogP contribution in [0, 0.1) is 11.8 Å². The minimum Gasteiger partial charge on any atom is -0.314 e. The smallest absolute Gasteiger partial charge is 0.0107 e. The maximum Gasteiger partial charge on any atom is 0.0107 e. The van der Waals surface area contributed by atoms with E-state index in [-0.39, 0.29) is 0 Å². The summed E-state index contributed by atoms with van der Waals surface area (Å²) in [5.41, 5.74) is 0. The van der Waals surface area contributed by atoms with Crippen LogP contribution in [0.15, 0.2) is 0 Å². The highest BCUT2D eigenvalue weighted by molar-refractivity contribution is 4.87. The van der Waals surface area contributed by atoms with Crippen LogP contribution in [-0.4, -0.2) is 36.6 Å². The Labute approximate surface area is 107 Å². The Bertz CT molecular complexity index is 227. The molecule has 0 aromatic rings. The second-order valence-electron chi connectivity index (χ2n) is 6.35. The number of likely N-dealkylation sites (tertiary alicyclic amines) is 1. The third-order valence-corrected chi connectivity index (χ3v) is 4.76. The summed E-state index contributed by atoms with van der Waals surface area (Å²) in [4.78, 5) is 2.74. The summed E-state index contributed by atoms with van der Waals surface area (Å²) in [5.74, 6) is 1.81. The van der Waals surface area contributed by atoms with Gasteiger partial charge < -0.3 is 10.2 Å². The van der Waals surface area contributed by atoms with Crippen molar-refractivity contribution in [3.8, 4) is 0 Å². The summed E-state index contributed by atoms with van der Waals surface area (Å²) >= 11 is 0. The van der Waals surface area contributed by atoms with Gasteiger partial charge in [0.15, 0.2) is 0 Å². The van der Waals surface area contributed by atoms with Gasteiger partial charge in [-0.25, -0.2) is 0 Å². The minimum atomic E-state index is 0.789. The molecule has 1 heterocycles. The van der Waals surface area contributed by atoms with Crippen LogP contribution in [0.3, 0.4) is 0 Å². The van der Waals surface area contributed by atoms with E-state index >= 15 is 0 Å². The maximum absolute atomic E-state index is 3.71. The fourth-order valence-corrected chi connectivity index (χ4v) is 3.90. The topological polar surface area (TPSA) is 15.3 Å². The fraction of sp³-hybridized carbons (Fsp3) is 1.00. The average molecular weight is 238 g/mol. The van der Waals surface area contributed by atoms with Crippen LogP contribution in [0.25, 0.3) is 0 Å². The summed E-state index contributed by atoms with van der Waals surface area (Å²) in [7, 11) is 0. The quantitative estimate of drug-likeness (QED) is 0.810. The molecule has 1 saturated carbocycles. The molecule has 1 aliphatic heterocycles. The van der Waals surface area contributed by atoms with E-state index in [1.165, 1.54) is 45.2 Å². The SMILES string of the molecule is CCNC1CCCCC1CN1CC(C)CC1C. The van der Waals surface area contributed by atoms with Gasteiger partial charge in [-0.3, -0.25) is 0 Å². The van der Waals surface area contributed by atoms with Crippen LogP contribution in [0.2, 0.25) is 0 Å². The van der Waals surface area contributed by atoms with E-state index < -0.39 is 0 Å². The lowest BCUT2D eigenvalue weighted by Gasteiger charge is -2.36. The van der Waals surface area contributed by atoms with Gasteiger partial charge in [0.05, 0.1) is 0 Å². The molecule has 100 valence electrons. The Morgan fingerprint density at radius 3 is 2.59 bits per heavy atom. The molecule has 17 heavy (non-hydrogen) atoms. The standard InChI is InChI=1S/C15H30N2/c1-4-16-15-8-6-5-7-14(15)11-17-10-12(2)9-13(17)3/h12-16H,4-11H2,1-3H3. The highest BCUT2D eigenvalue weighted by Crippen LogP contribution is 2.29. The molecular formula is C15H30N2. The fourth-order valence-electron chi connectivity index (χ4n) is 3.90. The molecule has 0 bridgehead atoms. The molecule has 4 atom stereocenters. The lowest BCUT2D eigenvalue weighted by molar-refractivity contribution is 0.163. The molecule has 2 aliphatic rings. The maximum atomic E-state index is 3.71. The van der Waals surface area contributed by atoms with Crippen LogP contribution < -0.4 is 5.32 Å². The van der Waals surface area contributed by atoms with E-state index in [2.05, 4.69) is 31.0 Å². The third-order valence-electron chi connectivity index (χ3n) is 4.76. The predicted octanol–water partition coefficient (Wildman–Crippen LogP) is 2.89. The third kappa shape index (κ3) is 3.45. The van der Waals surface area contributed by atoms with E-state index in [9.17, 15) is 0 Å². The number of nitrogens with one attached hydrogen (secondary N) is 1. The predicted molar refractivity (Wildman–Crippen MR) is 74.2 cm³/mol. The van der Waals surface area contributed by atoms with Crippen molar-refractivity contribution in [2.45, 2.75) is 65.0 Å². The molecule has 0 amide bonds. The van der Waals surface area contributed by atoms with Gasteiger partial charge in [0.25, 0.3) is 0 Å². The molecule has 1 N–H and O–H groups in total. The number of hydrogen-bond donors (Lipinski definition) is 1. The molecule has 0 radical (unpaired) electrons. The monoisotopic (exact) mass is 238 g/mol. The average Bonchev–Trinajstić information content (AvgIpc) is 2.61. The van der Waals surface area contributed by atoms with Gasteiger partial charge in [-0.1, -0.05) is 26.7 Å². The van der Waals surface area contributed by atoms with Crippen molar-refractivity contribution in [3.63, 3.8) is 0 Å². The van der Waals surface area contributed by atoms with Crippen LogP contribution in [0.5, 0.6) is 0 Å². The Hall–Kier alpha value is -0.0800. The first-order valence-corrected chi connectivity index (χ1v) is 7.68. The van der Waals surface area contributed by atoms with Gasteiger partial charge in [0, 0.05) is 25.2 Å². The Balaban J connectivity index is 1.87. The molecule has 1 aliphatic carbocycles. The molecule has 1 saturated heterocycles. The first kappa shape index (κ1) is 13.4. The summed E-state index contributed by atoms with van der Waals surface area (Å²) in [6, 6.07) is 1.60. The summed E-state index contributed by atoms with van der Waals surface area (Å²) in [5, 5.41) is 3.71. The number of rotatable bonds is 4. The molecule has 2 fully saturated rings. The highest BCUT2D eigenvalue weighted by Gasteiger charge is 2.31. The minimum absolute atomic E-state index is 0.789. The van der Waals surface area contributed by atoms with E-state index in [0.717, 1.165) is 30.5 Å². The van der Waals surface area contributed by atoms with E-state index in [1.807, 2.05) is 0 Å². The van der Waals surface area contributed by atoms with Crippen molar-refractivity contribution in [3.05, 3.63) is 0 Å². The molecule has 0 aromatic carbocycles. The van der Waals surface area contributed by atoms with Crippen molar-refractivity contribution in [1.82, 2.24) is 10.2 Å². The van der Waals surface area contributed by atoms with Crippen molar-refractivity contribution in [2.24, 2.45) is 11.8 Å². The zero-order valence-corrected chi connectivity index (χ0v) is 11.9. The van der Waals surface area contributed by atoms with E-state index in [4.69, 9.17) is 0 Å². The lowest BCUT2D eigenvalue weighted by atomic mass is 9.84. The van der Waals surface area contributed by atoms with Crippen molar-refractivity contribution < 1.29 is 0 Å². The normalized spacial score (nSPS) is 39.7. The Kier molecular flexibility index (Phi) is 4.87. The van der Waals surface area contributed by atoms with Gasteiger partial charge in [-0.2, -0.15) is 0 Å². The second-order valence-corrected chi connectivity index (χ2v) is 6.35. The second kappa shape index (κ2) is 6.19. The van der Waals surface area contributed by atoms with Crippen LogP contribution in [0.1, 0.15) is 52.9 Å². The van der Waals surface area contributed by atoms with E-state index in [1.54, 1.807) is 0 Å². The molecule has 0 spiro atoms. The van der Waals surface area contributed by atoms with Gasteiger partial charge in [-0.15, -0.1) is 0 Å². The first-order chi connectivity index (χ1) is 8.20. The molecule has 2 rings (SSSR count). The van der Waals surface area contributed by atoms with Crippen LogP contribution in [-0.2, 0) is 0 Å². The highest BCUT2D eigenvalue weighted by atomic mass is 15.2. The van der Waals surface area contributed by atoms with Crippen molar-refractivity contribution >= 4 is 0 Å². The summed E-state index contributed by atoms with van der Waals surface area (Å²) in [6.45, 7) is 10.9. The van der Waals surface area contributed by atoms with Crippen LogP contribution in [0.4, 0.5) is 0 Å². The number of nitrogens with zero attached hydrogens (tertiary/aromatic N) is 1. The zero-order chi connectivity index (χ0) is 12.3. The zero-order valence-electron chi connectivity index (χ0n) is 11.9. The van der Waals surface area contributed by atoms with Crippen molar-refractivity contribution in [2.75, 3.05) is 19.6 Å². The van der Waals surface area contributed by atoms with E-state index in [0.29, 0.717) is 0 Å². The van der Waals surface area contributed by atoms with Gasteiger partial charge in [-0.05, 0) is 44.6 Å². The molecule has 4 unspecified atom stereocenters. The number of hydrogen-bond acceptors (Lipinski definition) is 2. The van der Waals surface area contributed by atoms with Gasteiger partial charge in [0.2, 0.25) is 0 Å². The molecule has 0 aromatic heterocycles. The largest absolute Gasteiger partial charge is 0.314 e.